The van der Waals surface area contributed by atoms with E-state index in [-0.39, 0.29) is 17.4 Å². The molecule has 1 aromatic carbocycles. The van der Waals surface area contributed by atoms with Crippen LogP contribution in [0.1, 0.15) is 17.4 Å². The molecule has 0 spiro atoms. The number of benzene rings is 1. The van der Waals surface area contributed by atoms with Crippen molar-refractivity contribution in [2.75, 3.05) is 5.43 Å². The summed E-state index contributed by atoms with van der Waals surface area (Å²) in [6.45, 7) is 2.27. The highest BCUT2D eigenvalue weighted by atomic mass is 79.9. The predicted octanol–water partition coefficient (Wildman–Crippen LogP) is 2.26. The minimum Gasteiger partial charge on any atom is -0.356 e. The third-order valence-electron chi connectivity index (χ3n) is 3.36. The SMILES string of the molecule is CCn1c(NNC(=O)c2cc(Br)c[nH]2)nc2ccccc2c1=O. The fraction of sp³-hybridized carbons (Fsp3) is 0.133. The van der Waals surface area contributed by atoms with Crippen LogP contribution in [-0.4, -0.2) is 20.4 Å². The van der Waals surface area contributed by atoms with Crippen LogP contribution in [0.4, 0.5) is 5.95 Å². The number of aromatic nitrogens is 3. The number of rotatable bonds is 4. The number of hydrogen-bond donors (Lipinski definition) is 3. The number of carbonyl (C=O) groups excluding carboxylic acids is 1. The summed E-state index contributed by atoms with van der Waals surface area (Å²) in [5.41, 5.74) is 6.05. The summed E-state index contributed by atoms with van der Waals surface area (Å²) in [5, 5.41) is 0.541. The number of nitrogens with one attached hydrogen (secondary N) is 3. The lowest BCUT2D eigenvalue weighted by Crippen LogP contribution is -2.34. The zero-order valence-corrected chi connectivity index (χ0v) is 13.8. The van der Waals surface area contributed by atoms with E-state index in [1.165, 1.54) is 4.57 Å². The van der Waals surface area contributed by atoms with Crippen LogP contribution in [-0.2, 0) is 6.54 Å². The summed E-state index contributed by atoms with van der Waals surface area (Å²) in [6, 6.07) is 8.74. The molecule has 7 nitrogen and oxygen atoms in total. The number of para-hydroxylation sites is 1. The van der Waals surface area contributed by atoms with Gasteiger partial charge in [-0.2, -0.15) is 0 Å². The number of carbonyl (C=O) groups is 1. The molecule has 2 aromatic heterocycles. The first-order valence-electron chi connectivity index (χ1n) is 7.00. The van der Waals surface area contributed by atoms with Crippen molar-refractivity contribution in [3.8, 4) is 0 Å². The van der Waals surface area contributed by atoms with Crippen molar-refractivity contribution in [1.29, 1.82) is 0 Å². The number of anilines is 1. The molecule has 0 saturated heterocycles. The molecule has 0 aliphatic rings. The normalized spacial score (nSPS) is 10.7. The Kier molecular flexibility index (Phi) is 4.16. The second-order valence-corrected chi connectivity index (χ2v) is 5.73. The summed E-state index contributed by atoms with van der Waals surface area (Å²) in [6.07, 6.45) is 1.66. The standard InChI is InChI=1S/C15H14BrN5O2/c1-2-21-14(23)10-5-3-4-6-11(10)18-15(21)20-19-13(22)12-7-9(16)8-17-12/h3-8,17H,2H2,1H3,(H,18,20)(H,19,22). The molecule has 118 valence electrons. The largest absolute Gasteiger partial charge is 0.356 e. The summed E-state index contributed by atoms with van der Waals surface area (Å²) >= 11 is 3.27. The van der Waals surface area contributed by atoms with Crippen molar-refractivity contribution in [1.82, 2.24) is 20.0 Å². The number of nitrogens with zero attached hydrogens (tertiary/aromatic N) is 2. The molecule has 2 heterocycles. The van der Waals surface area contributed by atoms with Crippen LogP contribution in [0.15, 0.2) is 45.8 Å². The molecule has 0 unspecified atom stereocenters. The highest BCUT2D eigenvalue weighted by molar-refractivity contribution is 9.10. The molecule has 1 amide bonds. The van der Waals surface area contributed by atoms with E-state index in [2.05, 4.69) is 36.7 Å². The second-order valence-electron chi connectivity index (χ2n) is 4.81. The van der Waals surface area contributed by atoms with Gasteiger partial charge in [-0.1, -0.05) is 12.1 Å². The van der Waals surface area contributed by atoms with E-state index < -0.39 is 0 Å². The Bertz CT molecular complexity index is 931. The van der Waals surface area contributed by atoms with Crippen molar-refractivity contribution in [2.24, 2.45) is 0 Å². The Morgan fingerprint density at radius 3 is 2.87 bits per heavy atom. The average Bonchev–Trinajstić information content (AvgIpc) is 2.99. The maximum Gasteiger partial charge on any atom is 0.286 e. The second kappa shape index (κ2) is 6.25. The van der Waals surface area contributed by atoms with Gasteiger partial charge in [0.1, 0.15) is 5.69 Å². The minimum atomic E-state index is -0.360. The molecule has 3 aromatic rings. The quantitative estimate of drug-likeness (QED) is 0.609. The van der Waals surface area contributed by atoms with E-state index in [1.54, 1.807) is 30.5 Å². The highest BCUT2D eigenvalue weighted by Crippen LogP contribution is 2.12. The van der Waals surface area contributed by atoms with Crippen LogP contribution in [0.5, 0.6) is 0 Å². The summed E-state index contributed by atoms with van der Waals surface area (Å²) in [4.78, 5) is 31.7. The number of halogens is 1. The topological polar surface area (TPSA) is 91.8 Å². The van der Waals surface area contributed by atoms with E-state index in [0.717, 1.165) is 4.47 Å². The van der Waals surface area contributed by atoms with Crippen LogP contribution < -0.4 is 16.4 Å². The van der Waals surface area contributed by atoms with E-state index in [9.17, 15) is 9.59 Å². The Labute approximate surface area is 139 Å². The Balaban J connectivity index is 1.90. The first-order valence-corrected chi connectivity index (χ1v) is 7.79. The Hall–Kier alpha value is -2.61. The van der Waals surface area contributed by atoms with Gasteiger partial charge in [-0.25, -0.2) is 4.98 Å². The Morgan fingerprint density at radius 1 is 1.39 bits per heavy atom. The molecule has 3 N–H and O–H groups in total. The van der Waals surface area contributed by atoms with Gasteiger partial charge < -0.3 is 4.98 Å². The number of hydrogen-bond acceptors (Lipinski definition) is 4. The van der Waals surface area contributed by atoms with Gasteiger partial charge in [0.25, 0.3) is 11.5 Å². The lowest BCUT2D eigenvalue weighted by atomic mass is 10.2. The lowest BCUT2D eigenvalue weighted by molar-refractivity contribution is 0.0957. The fourth-order valence-corrected chi connectivity index (χ4v) is 2.58. The van der Waals surface area contributed by atoms with Gasteiger partial charge in [0.2, 0.25) is 5.95 Å². The molecule has 23 heavy (non-hydrogen) atoms. The van der Waals surface area contributed by atoms with Crippen molar-refractivity contribution in [3.63, 3.8) is 0 Å². The molecule has 0 saturated carbocycles. The lowest BCUT2D eigenvalue weighted by Gasteiger charge is -2.13. The zero-order valence-electron chi connectivity index (χ0n) is 12.3. The third-order valence-corrected chi connectivity index (χ3v) is 3.82. The molecule has 0 atom stereocenters. The predicted molar refractivity (Wildman–Crippen MR) is 91.3 cm³/mol. The Morgan fingerprint density at radius 2 is 2.17 bits per heavy atom. The molecule has 0 aliphatic heterocycles. The number of fused-ring (bicyclic) bond motifs is 1. The van der Waals surface area contributed by atoms with Gasteiger partial charge in [0.15, 0.2) is 0 Å². The van der Waals surface area contributed by atoms with Crippen LogP contribution in [0, 0.1) is 0 Å². The summed E-state index contributed by atoms with van der Waals surface area (Å²) in [7, 11) is 0. The first kappa shape index (κ1) is 15.3. The van der Waals surface area contributed by atoms with E-state index in [0.29, 0.717) is 23.1 Å². The van der Waals surface area contributed by atoms with Crippen LogP contribution in [0.2, 0.25) is 0 Å². The highest BCUT2D eigenvalue weighted by Gasteiger charge is 2.12. The number of amides is 1. The summed E-state index contributed by atoms with van der Waals surface area (Å²) in [5.74, 6) is -0.0732. The molecule has 0 fully saturated rings. The smallest absolute Gasteiger partial charge is 0.286 e. The molecule has 8 heteroatoms. The molecule has 0 aliphatic carbocycles. The van der Waals surface area contributed by atoms with Gasteiger partial charge in [-0.05, 0) is 41.1 Å². The molecular weight excluding hydrogens is 362 g/mol. The number of H-pyrrole nitrogens is 1. The maximum atomic E-state index is 12.5. The van der Waals surface area contributed by atoms with Gasteiger partial charge in [0, 0.05) is 17.2 Å². The van der Waals surface area contributed by atoms with E-state index >= 15 is 0 Å². The van der Waals surface area contributed by atoms with Gasteiger partial charge >= 0.3 is 0 Å². The number of aromatic amines is 1. The van der Waals surface area contributed by atoms with Gasteiger partial charge in [0.05, 0.1) is 10.9 Å². The molecule has 0 bridgehead atoms. The van der Waals surface area contributed by atoms with Crippen molar-refractivity contribution >= 4 is 38.7 Å². The first-order chi connectivity index (χ1) is 11.1. The van der Waals surface area contributed by atoms with Crippen molar-refractivity contribution in [2.45, 2.75) is 13.5 Å². The van der Waals surface area contributed by atoms with Gasteiger partial charge in [-0.3, -0.25) is 25.0 Å². The third kappa shape index (κ3) is 2.98. The summed E-state index contributed by atoms with van der Waals surface area (Å²) < 4.78 is 2.24. The van der Waals surface area contributed by atoms with E-state index in [4.69, 9.17) is 0 Å². The minimum absolute atomic E-state index is 0.155. The molecular formula is C15H14BrN5O2. The monoisotopic (exact) mass is 375 g/mol. The molecule has 0 radical (unpaired) electrons. The van der Waals surface area contributed by atoms with Crippen LogP contribution >= 0.6 is 15.9 Å². The van der Waals surface area contributed by atoms with E-state index in [1.807, 2.05) is 13.0 Å². The number of hydrazine groups is 1. The average molecular weight is 376 g/mol. The van der Waals surface area contributed by atoms with Crippen LogP contribution in [0.25, 0.3) is 10.9 Å². The van der Waals surface area contributed by atoms with Crippen molar-refractivity contribution < 1.29 is 4.79 Å². The van der Waals surface area contributed by atoms with Crippen molar-refractivity contribution in [3.05, 3.63) is 57.0 Å². The fourth-order valence-electron chi connectivity index (χ4n) is 2.24. The van der Waals surface area contributed by atoms with Crippen LogP contribution in [0.3, 0.4) is 0 Å². The zero-order chi connectivity index (χ0) is 16.4. The maximum absolute atomic E-state index is 12.5. The molecule has 3 rings (SSSR count). The van der Waals surface area contributed by atoms with Gasteiger partial charge in [-0.15, -0.1) is 0 Å².